The number of anilines is 1. The Morgan fingerprint density at radius 3 is 2.91 bits per heavy atom. The van der Waals surface area contributed by atoms with E-state index in [9.17, 15) is 9.59 Å². The Morgan fingerprint density at radius 2 is 2.23 bits per heavy atom. The van der Waals surface area contributed by atoms with Crippen LogP contribution in [-0.2, 0) is 4.74 Å². The number of alkyl carbamates (subject to hydrolysis) is 1. The zero-order valence-corrected chi connectivity index (χ0v) is 13.5. The number of carbonyl (C=O) groups is 2. The number of aldehydes is 1. The quantitative estimate of drug-likeness (QED) is 0.869. The lowest BCUT2D eigenvalue weighted by atomic mass is 10.1. The van der Waals surface area contributed by atoms with Crippen molar-refractivity contribution in [2.75, 3.05) is 24.5 Å². The van der Waals surface area contributed by atoms with Gasteiger partial charge in [0.1, 0.15) is 11.9 Å². The summed E-state index contributed by atoms with van der Waals surface area (Å²) in [5.74, 6) is 0.396. The second-order valence-electron chi connectivity index (χ2n) is 6.70. The van der Waals surface area contributed by atoms with E-state index >= 15 is 0 Å². The molecule has 0 saturated carbocycles. The van der Waals surface area contributed by atoms with E-state index in [1.807, 2.05) is 39.0 Å². The van der Waals surface area contributed by atoms with Crippen LogP contribution in [0.25, 0.3) is 0 Å². The third kappa shape index (κ3) is 4.76. The first kappa shape index (κ1) is 16.3. The lowest BCUT2D eigenvalue weighted by Crippen LogP contribution is -2.36. The first-order valence-electron chi connectivity index (χ1n) is 7.64. The number of amides is 1. The second kappa shape index (κ2) is 6.81. The van der Waals surface area contributed by atoms with Crippen molar-refractivity contribution in [2.45, 2.75) is 32.8 Å². The monoisotopic (exact) mass is 304 g/mol. The van der Waals surface area contributed by atoms with Crippen LogP contribution in [0.1, 0.15) is 37.6 Å². The molecule has 120 valence electrons. The molecule has 0 unspecified atom stereocenters. The van der Waals surface area contributed by atoms with E-state index in [1.165, 1.54) is 0 Å². The van der Waals surface area contributed by atoms with Crippen LogP contribution in [0.15, 0.2) is 24.3 Å². The average molecular weight is 304 g/mol. The van der Waals surface area contributed by atoms with Gasteiger partial charge in [-0.2, -0.15) is 0 Å². The molecule has 1 amide bonds. The minimum Gasteiger partial charge on any atom is -0.444 e. The summed E-state index contributed by atoms with van der Waals surface area (Å²) >= 11 is 0. The molecule has 1 aromatic carbocycles. The Balaban J connectivity index is 1.82. The summed E-state index contributed by atoms with van der Waals surface area (Å²) in [6, 6.07) is 7.60. The van der Waals surface area contributed by atoms with Crippen molar-refractivity contribution in [3.05, 3.63) is 29.8 Å². The van der Waals surface area contributed by atoms with Crippen LogP contribution in [0, 0.1) is 5.92 Å². The predicted molar refractivity (Wildman–Crippen MR) is 86.4 cm³/mol. The molecule has 1 aliphatic rings. The molecule has 0 aliphatic carbocycles. The molecule has 1 saturated heterocycles. The van der Waals surface area contributed by atoms with Crippen LogP contribution in [0.3, 0.4) is 0 Å². The standard InChI is InChI=1S/C17H24N2O3/c1-17(2,3)22-16(21)18-10-14-7-8-19(11-14)15-6-4-5-13(9-15)12-20/h4-6,9,12,14H,7-8,10-11H2,1-3H3,(H,18,21)/t14-/m1/s1. The average Bonchev–Trinajstić information content (AvgIpc) is 2.92. The maximum atomic E-state index is 11.7. The van der Waals surface area contributed by atoms with Gasteiger partial charge in [-0.1, -0.05) is 12.1 Å². The van der Waals surface area contributed by atoms with Gasteiger partial charge in [-0.3, -0.25) is 4.79 Å². The zero-order chi connectivity index (χ0) is 16.2. The van der Waals surface area contributed by atoms with Crippen LogP contribution in [-0.4, -0.2) is 37.6 Å². The molecule has 1 fully saturated rings. The topological polar surface area (TPSA) is 58.6 Å². The molecule has 0 bridgehead atoms. The molecule has 1 atom stereocenters. The number of rotatable bonds is 4. The Hall–Kier alpha value is -2.04. The van der Waals surface area contributed by atoms with E-state index in [0.717, 1.165) is 31.5 Å². The maximum Gasteiger partial charge on any atom is 0.407 e. The predicted octanol–water partition coefficient (Wildman–Crippen LogP) is 2.85. The van der Waals surface area contributed by atoms with Crippen molar-refractivity contribution in [3.8, 4) is 0 Å². The number of ether oxygens (including phenoxy) is 1. The smallest absolute Gasteiger partial charge is 0.407 e. The molecule has 0 aromatic heterocycles. The number of hydrogen-bond donors (Lipinski definition) is 1. The Labute approximate surface area is 131 Å². The largest absolute Gasteiger partial charge is 0.444 e. The molecule has 1 aliphatic heterocycles. The summed E-state index contributed by atoms with van der Waals surface area (Å²) in [6.45, 7) is 7.97. The highest BCUT2D eigenvalue weighted by molar-refractivity contribution is 5.77. The minimum absolute atomic E-state index is 0.367. The molecule has 1 N–H and O–H groups in total. The van der Waals surface area contributed by atoms with Crippen LogP contribution < -0.4 is 10.2 Å². The molecule has 0 spiro atoms. The van der Waals surface area contributed by atoms with Crippen molar-refractivity contribution in [3.63, 3.8) is 0 Å². The second-order valence-corrected chi connectivity index (χ2v) is 6.70. The van der Waals surface area contributed by atoms with E-state index in [-0.39, 0.29) is 6.09 Å². The molecule has 5 nitrogen and oxygen atoms in total. The number of nitrogens with one attached hydrogen (secondary N) is 1. The highest BCUT2D eigenvalue weighted by atomic mass is 16.6. The van der Waals surface area contributed by atoms with Crippen molar-refractivity contribution in [1.29, 1.82) is 0 Å². The molecular weight excluding hydrogens is 280 g/mol. The third-order valence-electron chi connectivity index (χ3n) is 3.59. The molecule has 2 rings (SSSR count). The normalized spacial score (nSPS) is 18.1. The lowest BCUT2D eigenvalue weighted by Gasteiger charge is -2.21. The van der Waals surface area contributed by atoms with Gasteiger partial charge in [0.2, 0.25) is 0 Å². The van der Waals surface area contributed by atoms with Gasteiger partial charge in [0.25, 0.3) is 0 Å². The molecule has 22 heavy (non-hydrogen) atoms. The van der Waals surface area contributed by atoms with Crippen LogP contribution >= 0.6 is 0 Å². The van der Waals surface area contributed by atoms with Crippen LogP contribution in [0.4, 0.5) is 10.5 Å². The Morgan fingerprint density at radius 1 is 1.45 bits per heavy atom. The minimum atomic E-state index is -0.471. The van der Waals surface area contributed by atoms with Gasteiger partial charge in [0.05, 0.1) is 0 Å². The molecule has 5 heteroatoms. The van der Waals surface area contributed by atoms with Crippen molar-refractivity contribution in [2.24, 2.45) is 5.92 Å². The Kier molecular flexibility index (Phi) is 5.06. The van der Waals surface area contributed by atoms with E-state index < -0.39 is 5.60 Å². The lowest BCUT2D eigenvalue weighted by molar-refractivity contribution is 0.0520. The summed E-state index contributed by atoms with van der Waals surface area (Å²) < 4.78 is 5.24. The summed E-state index contributed by atoms with van der Waals surface area (Å²) in [5, 5.41) is 2.83. The summed E-state index contributed by atoms with van der Waals surface area (Å²) in [7, 11) is 0. The molecule has 1 aromatic rings. The zero-order valence-electron chi connectivity index (χ0n) is 13.5. The van der Waals surface area contributed by atoms with Gasteiger partial charge < -0.3 is 15.0 Å². The summed E-state index contributed by atoms with van der Waals surface area (Å²) in [4.78, 5) is 24.8. The first-order valence-corrected chi connectivity index (χ1v) is 7.64. The van der Waals surface area contributed by atoms with E-state index in [2.05, 4.69) is 10.2 Å². The van der Waals surface area contributed by atoms with Gasteiger partial charge in [0.15, 0.2) is 0 Å². The van der Waals surface area contributed by atoms with E-state index in [4.69, 9.17) is 4.74 Å². The van der Waals surface area contributed by atoms with Gasteiger partial charge in [0, 0.05) is 30.9 Å². The number of benzene rings is 1. The van der Waals surface area contributed by atoms with Crippen LogP contribution in [0.2, 0.25) is 0 Å². The number of carbonyl (C=O) groups excluding carboxylic acids is 2. The van der Waals surface area contributed by atoms with Gasteiger partial charge in [-0.15, -0.1) is 0 Å². The highest BCUT2D eigenvalue weighted by Gasteiger charge is 2.24. The molecular formula is C17H24N2O3. The number of hydrogen-bond acceptors (Lipinski definition) is 4. The van der Waals surface area contributed by atoms with Crippen molar-refractivity contribution < 1.29 is 14.3 Å². The van der Waals surface area contributed by atoms with Gasteiger partial charge >= 0.3 is 6.09 Å². The van der Waals surface area contributed by atoms with Crippen LogP contribution in [0.5, 0.6) is 0 Å². The van der Waals surface area contributed by atoms with Gasteiger partial charge in [-0.25, -0.2) is 4.79 Å². The summed E-state index contributed by atoms with van der Waals surface area (Å²) in [6.07, 6.45) is 1.51. The summed E-state index contributed by atoms with van der Waals surface area (Å²) in [5.41, 5.74) is 1.28. The fourth-order valence-corrected chi connectivity index (χ4v) is 2.57. The number of nitrogens with zero attached hydrogens (tertiary/aromatic N) is 1. The highest BCUT2D eigenvalue weighted by Crippen LogP contribution is 2.24. The van der Waals surface area contributed by atoms with Gasteiger partial charge in [-0.05, 0) is 45.2 Å². The van der Waals surface area contributed by atoms with Crippen molar-refractivity contribution in [1.82, 2.24) is 5.32 Å². The van der Waals surface area contributed by atoms with Crippen molar-refractivity contribution >= 4 is 18.1 Å². The van der Waals surface area contributed by atoms with E-state index in [1.54, 1.807) is 6.07 Å². The Bertz CT molecular complexity index is 537. The molecule has 1 heterocycles. The van der Waals surface area contributed by atoms with E-state index in [0.29, 0.717) is 18.0 Å². The maximum absolute atomic E-state index is 11.7. The molecule has 0 radical (unpaired) electrons. The first-order chi connectivity index (χ1) is 10.4. The third-order valence-corrected chi connectivity index (χ3v) is 3.59. The fraction of sp³-hybridized carbons (Fsp3) is 0.529. The SMILES string of the molecule is CC(C)(C)OC(=O)NC[C@H]1CCN(c2cccc(C=O)c2)C1. The fourth-order valence-electron chi connectivity index (χ4n) is 2.57.